The predicted octanol–water partition coefficient (Wildman–Crippen LogP) is 2.70. The van der Waals surface area contributed by atoms with Crippen molar-refractivity contribution in [1.29, 1.82) is 0 Å². The Labute approximate surface area is 86.8 Å². The van der Waals surface area contributed by atoms with Gasteiger partial charge in [0.2, 0.25) is 0 Å². The first kappa shape index (κ1) is 11.0. The van der Waals surface area contributed by atoms with Crippen molar-refractivity contribution in [1.82, 2.24) is 5.32 Å². The second-order valence-corrected chi connectivity index (χ2v) is 3.53. The van der Waals surface area contributed by atoms with Crippen molar-refractivity contribution in [3.05, 3.63) is 48.0 Å². The van der Waals surface area contributed by atoms with Crippen LogP contribution in [0.15, 0.2) is 36.9 Å². The van der Waals surface area contributed by atoms with E-state index in [4.69, 9.17) is 0 Å². The fourth-order valence-corrected chi connectivity index (χ4v) is 1.58. The van der Waals surface area contributed by atoms with E-state index in [9.17, 15) is 0 Å². The number of likely N-dealkylation sites (N-methyl/N-ethyl adjacent to an activating group) is 1. The van der Waals surface area contributed by atoms with E-state index in [0.29, 0.717) is 6.04 Å². The van der Waals surface area contributed by atoms with Crippen molar-refractivity contribution in [3.8, 4) is 0 Å². The highest BCUT2D eigenvalue weighted by Gasteiger charge is 2.04. The van der Waals surface area contributed by atoms with E-state index in [0.717, 1.165) is 13.0 Å². The first-order valence-corrected chi connectivity index (χ1v) is 5.18. The second kappa shape index (κ2) is 5.61. The highest BCUT2D eigenvalue weighted by Crippen LogP contribution is 2.09. The normalized spacial score (nSPS) is 12.4. The largest absolute Gasteiger partial charge is 0.310 e. The molecule has 0 aromatic heterocycles. The van der Waals surface area contributed by atoms with E-state index in [1.807, 2.05) is 6.08 Å². The maximum Gasteiger partial charge on any atom is 0.0287 e. The average Bonchev–Trinajstić information content (AvgIpc) is 2.20. The van der Waals surface area contributed by atoms with Crippen LogP contribution >= 0.6 is 0 Å². The maximum atomic E-state index is 3.84. The number of aryl methyl sites for hydroxylation is 1. The monoisotopic (exact) mass is 189 g/mol. The van der Waals surface area contributed by atoms with Gasteiger partial charge in [0.15, 0.2) is 0 Å². The topological polar surface area (TPSA) is 12.0 Å². The molecule has 1 N–H and O–H groups in total. The number of nitrogens with one attached hydrogen (secondary N) is 1. The first-order valence-electron chi connectivity index (χ1n) is 5.18. The smallest absolute Gasteiger partial charge is 0.0287 e. The van der Waals surface area contributed by atoms with Gasteiger partial charge in [-0.1, -0.05) is 37.3 Å². The van der Waals surface area contributed by atoms with Crippen LogP contribution in [0.3, 0.4) is 0 Å². The number of rotatable bonds is 5. The molecule has 0 spiro atoms. The van der Waals surface area contributed by atoms with Crippen LogP contribution in [-0.2, 0) is 6.42 Å². The highest BCUT2D eigenvalue weighted by atomic mass is 14.9. The Balaban J connectivity index is 2.66. The number of benzene rings is 1. The SMILES string of the molecule is C=CC(Cc1ccccc1C)NCC. The molecule has 1 atom stereocenters. The summed E-state index contributed by atoms with van der Waals surface area (Å²) in [6, 6.07) is 8.90. The van der Waals surface area contributed by atoms with E-state index < -0.39 is 0 Å². The van der Waals surface area contributed by atoms with Crippen LogP contribution in [0, 0.1) is 6.92 Å². The quantitative estimate of drug-likeness (QED) is 0.702. The molecule has 0 aliphatic carbocycles. The molecule has 0 fully saturated rings. The molecule has 1 nitrogen and oxygen atoms in total. The molecule has 1 unspecified atom stereocenters. The number of hydrogen-bond donors (Lipinski definition) is 1. The molecule has 0 saturated heterocycles. The lowest BCUT2D eigenvalue weighted by Gasteiger charge is -2.14. The van der Waals surface area contributed by atoms with Gasteiger partial charge in [0.25, 0.3) is 0 Å². The Morgan fingerprint density at radius 1 is 1.43 bits per heavy atom. The predicted molar refractivity (Wildman–Crippen MR) is 62.5 cm³/mol. The number of hydrogen-bond acceptors (Lipinski definition) is 1. The Morgan fingerprint density at radius 2 is 2.14 bits per heavy atom. The van der Waals surface area contributed by atoms with Gasteiger partial charge in [-0.25, -0.2) is 0 Å². The molecule has 1 aromatic carbocycles. The van der Waals surface area contributed by atoms with Crippen LogP contribution in [-0.4, -0.2) is 12.6 Å². The van der Waals surface area contributed by atoms with Crippen molar-refractivity contribution in [3.63, 3.8) is 0 Å². The Morgan fingerprint density at radius 3 is 2.71 bits per heavy atom. The van der Waals surface area contributed by atoms with Gasteiger partial charge in [0.05, 0.1) is 0 Å². The van der Waals surface area contributed by atoms with E-state index in [1.165, 1.54) is 11.1 Å². The minimum atomic E-state index is 0.390. The third-order valence-corrected chi connectivity index (χ3v) is 2.45. The van der Waals surface area contributed by atoms with Gasteiger partial charge in [-0.05, 0) is 31.0 Å². The minimum Gasteiger partial charge on any atom is -0.310 e. The third kappa shape index (κ3) is 3.00. The van der Waals surface area contributed by atoms with E-state index in [-0.39, 0.29) is 0 Å². The van der Waals surface area contributed by atoms with Crippen LogP contribution < -0.4 is 5.32 Å². The summed E-state index contributed by atoms with van der Waals surface area (Å²) in [7, 11) is 0. The van der Waals surface area contributed by atoms with Gasteiger partial charge in [-0.2, -0.15) is 0 Å². The van der Waals surface area contributed by atoms with Gasteiger partial charge in [-0.15, -0.1) is 6.58 Å². The molecule has 0 bridgehead atoms. The van der Waals surface area contributed by atoms with E-state index >= 15 is 0 Å². The zero-order valence-electron chi connectivity index (χ0n) is 9.09. The van der Waals surface area contributed by atoms with Gasteiger partial charge in [0.1, 0.15) is 0 Å². The van der Waals surface area contributed by atoms with Crippen molar-refractivity contribution >= 4 is 0 Å². The fraction of sp³-hybridized carbons (Fsp3) is 0.385. The van der Waals surface area contributed by atoms with Crippen LogP contribution in [0.4, 0.5) is 0 Å². The van der Waals surface area contributed by atoms with Crippen molar-refractivity contribution in [2.75, 3.05) is 6.54 Å². The lowest BCUT2D eigenvalue weighted by molar-refractivity contribution is 0.612. The molecule has 0 aliphatic rings. The molecule has 0 radical (unpaired) electrons. The lowest BCUT2D eigenvalue weighted by atomic mass is 10.0. The summed E-state index contributed by atoms with van der Waals surface area (Å²) in [6.07, 6.45) is 3.01. The lowest BCUT2D eigenvalue weighted by Crippen LogP contribution is -2.28. The fourth-order valence-electron chi connectivity index (χ4n) is 1.58. The average molecular weight is 189 g/mol. The van der Waals surface area contributed by atoms with E-state index in [1.54, 1.807) is 0 Å². The van der Waals surface area contributed by atoms with Crippen molar-refractivity contribution < 1.29 is 0 Å². The molecule has 0 aliphatic heterocycles. The van der Waals surface area contributed by atoms with Crippen LogP contribution in [0.5, 0.6) is 0 Å². The van der Waals surface area contributed by atoms with Gasteiger partial charge in [0, 0.05) is 6.04 Å². The Hall–Kier alpha value is -1.08. The Kier molecular flexibility index (Phi) is 4.41. The van der Waals surface area contributed by atoms with E-state index in [2.05, 4.69) is 50.0 Å². The van der Waals surface area contributed by atoms with Crippen LogP contribution in [0.1, 0.15) is 18.1 Å². The molecular formula is C13H19N. The summed E-state index contributed by atoms with van der Waals surface area (Å²) in [5.41, 5.74) is 2.76. The molecule has 0 amide bonds. The minimum absolute atomic E-state index is 0.390. The standard InChI is InChI=1S/C13H19N/c1-4-13(14-5-2)10-12-9-7-6-8-11(12)3/h4,6-9,13-14H,1,5,10H2,2-3H3. The first-order chi connectivity index (χ1) is 6.77. The molecule has 0 saturated carbocycles. The second-order valence-electron chi connectivity index (χ2n) is 3.53. The van der Waals surface area contributed by atoms with Gasteiger partial charge < -0.3 is 5.32 Å². The zero-order chi connectivity index (χ0) is 10.4. The summed E-state index contributed by atoms with van der Waals surface area (Å²) >= 11 is 0. The molecule has 76 valence electrons. The summed E-state index contributed by atoms with van der Waals surface area (Å²) in [4.78, 5) is 0. The molecule has 1 heteroatoms. The summed E-state index contributed by atoms with van der Waals surface area (Å²) in [5, 5.41) is 3.39. The molecule has 1 rings (SSSR count). The zero-order valence-corrected chi connectivity index (χ0v) is 9.09. The van der Waals surface area contributed by atoms with Crippen LogP contribution in [0.25, 0.3) is 0 Å². The van der Waals surface area contributed by atoms with Crippen LogP contribution in [0.2, 0.25) is 0 Å². The molecule has 14 heavy (non-hydrogen) atoms. The Bertz CT molecular complexity index is 291. The summed E-state index contributed by atoms with van der Waals surface area (Å²) in [5.74, 6) is 0. The summed E-state index contributed by atoms with van der Waals surface area (Å²) < 4.78 is 0. The molecule has 0 heterocycles. The summed E-state index contributed by atoms with van der Waals surface area (Å²) in [6.45, 7) is 9.11. The van der Waals surface area contributed by atoms with Gasteiger partial charge in [-0.3, -0.25) is 0 Å². The van der Waals surface area contributed by atoms with Gasteiger partial charge >= 0.3 is 0 Å². The molecule has 1 aromatic rings. The molecular weight excluding hydrogens is 170 g/mol. The van der Waals surface area contributed by atoms with Crippen molar-refractivity contribution in [2.45, 2.75) is 26.3 Å². The highest BCUT2D eigenvalue weighted by molar-refractivity contribution is 5.27. The third-order valence-electron chi connectivity index (χ3n) is 2.45. The van der Waals surface area contributed by atoms with Crippen molar-refractivity contribution in [2.24, 2.45) is 0 Å². The maximum absolute atomic E-state index is 3.84.